The van der Waals surface area contributed by atoms with Crippen LogP contribution in [-0.4, -0.2) is 31.2 Å². The smallest absolute Gasteiger partial charge is 0.256 e. The highest BCUT2D eigenvalue weighted by Gasteiger charge is 2.13. The van der Waals surface area contributed by atoms with Gasteiger partial charge < -0.3 is 5.32 Å². The van der Waals surface area contributed by atoms with Crippen LogP contribution in [0.4, 0.5) is 5.69 Å². The molecule has 7 nitrogen and oxygen atoms in total. The number of anilines is 1. The minimum atomic E-state index is -0.131. The maximum Gasteiger partial charge on any atom is 0.256 e. The number of nitrogens with zero attached hydrogens (tertiary/aromatic N) is 5. The lowest BCUT2D eigenvalue weighted by atomic mass is 10.2. The zero-order chi connectivity index (χ0) is 18.7. The monoisotopic (exact) mass is 384 g/mol. The van der Waals surface area contributed by atoms with Gasteiger partial charge in [0.15, 0.2) is 5.16 Å². The topological polar surface area (TPSA) is 96.0 Å². The maximum atomic E-state index is 12.3. The lowest BCUT2D eigenvalue weighted by Crippen LogP contribution is -2.15. The average Bonchev–Trinajstić information content (AvgIpc) is 2.99. The SMILES string of the molecule is Cc1cc(C)n2c(SCC(=O)Nc3ccc(SC#N)cc3C)nnc2n1. The third-order valence-electron chi connectivity index (χ3n) is 3.63. The second kappa shape index (κ2) is 7.76. The molecule has 9 heteroatoms. The van der Waals surface area contributed by atoms with Crippen LogP contribution in [0.3, 0.4) is 0 Å². The van der Waals surface area contributed by atoms with Gasteiger partial charge in [0.05, 0.1) is 5.75 Å². The van der Waals surface area contributed by atoms with E-state index in [1.54, 1.807) is 6.07 Å². The summed E-state index contributed by atoms with van der Waals surface area (Å²) in [5, 5.41) is 22.5. The molecule has 0 saturated heterocycles. The molecule has 1 amide bonds. The van der Waals surface area contributed by atoms with Gasteiger partial charge in [-0.25, -0.2) is 4.98 Å². The van der Waals surface area contributed by atoms with Crippen LogP contribution < -0.4 is 5.32 Å². The molecule has 3 aromatic rings. The highest BCUT2D eigenvalue weighted by atomic mass is 32.2. The number of hydrogen-bond acceptors (Lipinski definition) is 7. The number of benzene rings is 1. The van der Waals surface area contributed by atoms with Crippen LogP contribution in [0.15, 0.2) is 34.3 Å². The van der Waals surface area contributed by atoms with Crippen LogP contribution in [0.2, 0.25) is 0 Å². The molecule has 2 heterocycles. The van der Waals surface area contributed by atoms with Gasteiger partial charge in [-0.1, -0.05) is 11.8 Å². The fourth-order valence-electron chi connectivity index (χ4n) is 2.50. The fraction of sp³-hybridized carbons (Fsp3) is 0.235. The highest BCUT2D eigenvalue weighted by molar-refractivity contribution is 8.03. The number of nitriles is 1. The van der Waals surface area contributed by atoms with E-state index in [0.29, 0.717) is 10.9 Å². The molecule has 0 aliphatic rings. The van der Waals surface area contributed by atoms with Gasteiger partial charge in [-0.15, -0.1) is 10.2 Å². The van der Waals surface area contributed by atoms with E-state index >= 15 is 0 Å². The van der Waals surface area contributed by atoms with Gasteiger partial charge in [-0.2, -0.15) is 5.26 Å². The zero-order valence-corrected chi connectivity index (χ0v) is 16.1. The second-order valence-electron chi connectivity index (χ2n) is 5.66. The number of carbonyl (C=O) groups is 1. The molecule has 0 aliphatic heterocycles. The maximum absolute atomic E-state index is 12.3. The molecule has 0 bridgehead atoms. The molecule has 0 unspecified atom stereocenters. The van der Waals surface area contributed by atoms with Gasteiger partial charge in [0.2, 0.25) is 5.91 Å². The molecule has 0 atom stereocenters. The van der Waals surface area contributed by atoms with Crippen molar-refractivity contribution in [1.82, 2.24) is 19.6 Å². The van der Waals surface area contributed by atoms with Crippen molar-refractivity contribution < 1.29 is 4.79 Å². The van der Waals surface area contributed by atoms with E-state index in [2.05, 4.69) is 20.5 Å². The van der Waals surface area contributed by atoms with E-state index in [1.165, 1.54) is 11.8 Å². The van der Waals surface area contributed by atoms with Crippen LogP contribution in [0, 0.1) is 31.4 Å². The highest BCUT2D eigenvalue weighted by Crippen LogP contribution is 2.24. The third-order valence-corrected chi connectivity index (χ3v) is 5.14. The van der Waals surface area contributed by atoms with E-state index in [4.69, 9.17) is 5.26 Å². The van der Waals surface area contributed by atoms with Gasteiger partial charge in [0, 0.05) is 22.0 Å². The van der Waals surface area contributed by atoms with Gasteiger partial charge in [0.25, 0.3) is 5.78 Å². The van der Waals surface area contributed by atoms with Gasteiger partial charge in [0.1, 0.15) is 5.40 Å². The average molecular weight is 384 g/mol. The number of thiocyanates is 1. The lowest BCUT2D eigenvalue weighted by Gasteiger charge is -2.09. The number of rotatable bonds is 5. The van der Waals surface area contributed by atoms with Crippen molar-refractivity contribution >= 4 is 40.9 Å². The summed E-state index contributed by atoms with van der Waals surface area (Å²) < 4.78 is 1.84. The normalized spacial score (nSPS) is 10.7. The summed E-state index contributed by atoms with van der Waals surface area (Å²) in [4.78, 5) is 17.5. The van der Waals surface area contributed by atoms with Crippen LogP contribution in [0.1, 0.15) is 17.0 Å². The van der Waals surface area contributed by atoms with Crippen LogP contribution in [0.5, 0.6) is 0 Å². The number of hydrogen-bond donors (Lipinski definition) is 1. The molecule has 0 radical (unpaired) electrons. The summed E-state index contributed by atoms with van der Waals surface area (Å²) >= 11 is 2.41. The molecule has 2 aromatic heterocycles. The Hall–Kier alpha value is -2.57. The van der Waals surface area contributed by atoms with Crippen LogP contribution in [-0.2, 0) is 4.79 Å². The zero-order valence-electron chi connectivity index (χ0n) is 14.5. The molecule has 1 N–H and O–H groups in total. The molecule has 26 heavy (non-hydrogen) atoms. The Morgan fingerprint density at radius 3 is 2.81 bits per heavy atom. The van der Waals surface area contributed by atoms with E-state index in [9.17, 15) is 4.79 Å². The number of aryl methyl sites for hydroxylation is 3. The summed E-state index contributed by atoms with van der Waals surface area (Å²) in [6.45, 7) is 5.76. The number of amides is 1. The molecule has 0 spiro atoms. The van der Waals surface area contributed by atoms with Crippen molar-refractivity contribution in [3.8, 4) is 5.40 Å². The largest absolute Gasteiger partial charge is 0.325 e. The fourth-order valence-corrected chi connectivity index (χ4v) is 3.77. The standard InChI is InChI=1S/C17H16N6OS2/c1-10-6-13(26-9-18)4-5-14(10)20-15(24)8-25-17-22-21-16-19-11(2)7-12(3)23(16)17/h4-7H,8H2,1-3H3,(H,20,24). The number of aromatic nitrogens is 4. The number of nitrogens with one attached hydrogen (secondary N) is 1. The second-order valence-corrected chi connectivity index (χ2v) is 7.46. The summed E-state index contributed by atoms with van der Waals surface area (Å²) in [5.41, 5.74) is 3.50. The van der Waals surface area contributed by atoms with Crippen molar-refractivity contribution in [1.29, 1.82) is 5.26 Å². The molecule has 0 aliphatic carbocycles. The minimum Gasteiger partial charge on any atom is -0.325 e. The third kappa shape index (κ3) is 3.98. The summed E-state index contributed by atoms with van der Waals surface area (Å²) in [6.07, 6.45) is 0. The Balaban J connectivity index is 1.67. The van der Waals surface area contributed by atoms with Crippen LogP contribution in [0.25, 0.3) is 5.78 Å². The van der Waals surface area contributed by atoms with Crippen LogP contribution >= 0.6 is 23.5 Å². The van der Waals surface area contributed by atoms with Gasteiger partial charge >= 0.3 is 0 Å². The molecule has 1 aromatic carbocycles. The first kappa shape index (κ1) is 18.2. The molecular formula is C17H16N6OS2. The van der Waals surface area contributed by atoms with E-state index in [-0.39, 0.29) is 11.7 Å². The van der Waals surface area contributed by atoms with Crippen molar-refractivity contribution in [3.63, 3.8) is 0 Å². The van der Waals surface area contributed by atoms with Gasteiger partial charge in [-0.3, -0.25) is 9.20 Å². The molecule has 132 valence electrons. The van der Waals surface area contributed by atoms with Gasteiger partial charge in [-0.05, 0) is 62.4 Å². The number of thioether (sulfide) groups is 2. The van der Waals surface area contributed by atoms with E-state index in [1.807, 2.05) is 48.8 Å². The number of fused-ring (bicyclic) bond motifs is 1. The minimum absolute atomic E-state index is 0.131. The first-order valence-corrected chi connectivity index (χ1v) is 9.57. The van der Waals surface area contributed by atoms with Crippen molar-refractivity contribution in [3.05, 3.63) is 41.2 Å². The van der Waals surface area contributed by atoms with E-state index in [0.717, 1.165) is 39.3 Å². The Morgan fingerprint density at radius 2 is 2.08 bits per heavy atom. The summed E-state index contributed by atoms with van der Waals surface area (Å²) in [5.74, 6) is 0.613. The summed E-state index contributed by atoms with van der Waals surface area (Å²) in [6, 6.07) is 7.44. The summed E-state index contributed by atoms with van der Waals surface area (Å²) in [7, 11) is 0. The molecule has 3 rings (SSSR count). The Morgan fingerprint density at radius 1 is 1.27 bits per heavy atom. The Labute approximate surface area is 159 Å². The van der Waals surface area contributed by atoms with Crippen molar-refractivity contribution in [2.24, 2.45) is 0 Å². The first-order valence-electron chi connectivity index (χ1n) is 7.76. The number of carbonyl (C=O) groups excluding carboxylic acids is 1. The first-order chi connectivity index (χ1) is 12.5. The van der Waals surface area contributed by atoms with Crippen molar-refractivity contribution in [2.75, 3.05) is 11.1 Å². The molecule has 0 fully saturated rings. The van der Waals surface area contributed by atoms with E-state index < -0.39 is 0 Å². The Kier molecular flexibility index (Phi) is 5.44. The Bertz CT molecular complexity index is 1020. The van der Waals surface area contributed by atoms with Crippen molar-refractivity contribution in [2.45, 2.75) is 30.8 Å². The molecular weight excluding hydrogens is 368 g/mol. The predicted octanol–water partition coefficient (Wildman–Crippen LogP) is 3.35. The predicted molar refractivity (Wildman–Crippen MR) is 102 cm³/mol. The quantitative estimate of drug-likeness (QED) is 0.532. The molecule has 0 saturated carbocycles. The lowest BCUT2D eigenvalue weighted by molar-refractivity contribution is -0.113.